The van der Waals surface area contributed by atoms with Gasteiger partial charge < -0.3 is 0 Å². The largest absolute Gasteiger partial charge is 0.247 e. The summed E-state index contributed by atoms with van der Waals surface area (Å²) in [4.78, 5) is 11.8. The Morgan fingerprint density at radius 3 is 3.00 bits per heavy atom. The topological polar surface area (TPSA) is 38.7 Å². The predicted octanol–water partition coefficient (Wildman–Crippen LogP) is 1.71. The van der Waals surface area contributed by atoms with Gasteiger partial charge >= 0.3 is 0 Å². The van der Waals surface area contributed by atoms with Gasteiger partial charge in [0, 0.05) is 5.93 Å². The van der Waals surface area contributed by atoms with E-state index in [4.69, 9.17) is 11.6 Å². The van der Waals surface area contributed by atoms with Crippen molar-refractivity contribution in [1.29, 1.82) is 0 Å². The maximum absolute atomic E-state index is 5.71. The Morgan fingerprint density at radius 1 is 1.30 bits per heavy atom. The first-order valence-corrected chi connectivity index (χ1v) is 4.13. The third-order valence-electron chi connectivity index (χ3n) is 1.17. The second kappa shape index (κ2) is 2.19. The molecule has 0 bridgehead atoms. The monoisotopic (exact) mass is 171 g/mol. The number of halogens is 1. The summed E-state index contributed by atoms with van der Waals surface area (Å²) in [6.07, 6.45) is 1.46. The van der Waals surface area contributed by atoms with Crippen molar-refractivity contribution in [2.45, 2.75) is 0 Å². The fraction of sp³-hybridized carbons (Fsp3) is 0. The minimum Gasteiger partial charge on any atom is -0.247 e. The first-order valence-electron chi connectivity index (χ1n) is 2.67. The highest BCUT2D eigenvalue weighted by atomic mass is 35.5. The molecular formula is C5H3ClN3P. The van der Waals surface area contributed by atoms with Crippen molar-refractivity contribution in [2.75, 3.05) is 0 Å². The van der Waals surface area contributed by atoms with Crippen LogP contribution in [0.2, 0.25) is 5.15 Å². The van der Waals surface area contributed by atoms with E-state index in [1.807, 2.05) is 5.93 Å². The van der Waals surface area contributed by atoms with Crippen molar-refractivity contribution in [3.8, 4) is 0 Å². The second-order valence-corrected chi connectivity index (χ2v) is 3.14. The van der Waals surface area contributed by atoms with Gasteiger partial charge in [0.05, 0.1) is 0 Å². The highest BCUT2D eigenvalue weighted by Crippen LogP contribution is 2.23. The summed E-state index contributed by atoms with van der Waals surface area (Å²) < 4.78 is 0. The van der Waals surface area contributed by atoms with E-state index in [1.165, 1.54) is 6.33 Å². The van der Waals surface area contributed by atoms with Crippen LogP contribution >= 0.6 is 19.8 Å². The summed E-state index contributed by atoms with van der Waals surface area (Å²) in [5.41, 5.74) is 0.738. The Labute approximate surface area is 63.6 Å². The van der Waals surface area contributed by atoms with Crippen LogP contribution in [0.4, 0.5) is 0 Å². The number of nitrogens with zero attached hydrogens (tertiary/aromatic N) is 3. The van der Waals surface area contributed by atoms with Crippen molar-refractivity contribution in [3.63, 3.8) is 0 Å². The lowest BCUT2D eigenvalue weighted by atomic mass is 10.6. The van der Waals surface area contributed by atoms with E-state index in [1.54, 1.807) is 0 Å². The first-order chi connectivity index (χ1) is 4.88. The van der Waals surface area contributed by atoms with E-state index < -0.39 is 0 Å². The normalized spacial score (nSPS) is 11.3. The maximum atomic E-state index is 5.71. The molecule has 0 N–H and O–H groups in total. The molecule has 3 nitrogen and oxygen atoms in total. The summed E-state index contributed by atoms with van der Waals surface area (Å²) >= 11 is 5.71. The first kappa shape index (κ1) is 6.08. The van der Waals surface area contributed by atoms with Gasteiger partial charge in [0.15, 0.2) is 5.15 Å². The smallest absolute Gasteiger partial charge is 0.159 e. The van der Waals surface area contributed by atoms with Crippen LogP contribution in [0.3, 0.4) is 0 Å². The Kier molecular flexibility index (Phi) is 1.33. The lowest BCUT2D eigenvalue weighted by Gasteiger charge is -1.86. The minimum atomic E-state index is 0.450. The number of hydrogen-bond donors (Lipinski definition) is 0. The van der Waals surface area contributed by atoms with Gasteiger partial charge in [-0.2, -0.15) is 0 Å². The molecule has 0 saturated heterocycles. The number of fused-ring (bicyclic) bond motifs is 1. The Bertz CT molecular complexity index is 358. The Morgan fingerprint density at radius 2 is 2.20 bits per heavy atom. The van der Waals surface area contributed by atoms with Crippen molar-refractivity contribution in [1.82, 2.24) is 15.0 Å². The highest BCUT2D eigenvalue weighted by Gasteiger charge is 2.00. The van der Waals surface area contributed by atoms with E-state index in [-0.39, 0.29) is 0 Å². The van der Waals surface area contributed by atoms with Gasteiger partial charge in [-0.3, -0.25) is 0 Å². The van der Waals surface area contributed by atoms with Gasteiger partial charge in [0.25, 0.3) is 0 Å². The molecule has 10 heavy (non-hydrogen) atoms. The van der Waals surface area contributed by atoms with E-state index in [9.17, 15) is 0 Å². The van der Waals surface area contributed by atoms with Crippen LogP contribution in [-0.4, -0.2) is 15.0 Å². The minimum absolute atomic E-state index is 0.450. The molecule has 2 aromatic rings. The van der Waals surface area contributed by atoms with Crippen LogP contribution in [0, 0.1) is 0 Å². The van der Waals surface area contributed by atoms with E-state index in [0.29, 0.717) is 13.3 Å². The summed E-state index contributed by atoms with van der Waals surface area (Å²) in [6, 6.07) is 0. The third kappa shape index (κ3) is 0.789. The van der Waals surface area contributed by atoms with E-state index in [0.717, 1.165) is 10.8 Å². The zero-order chi connectivity index (χ0) is 6.97. The lowest BCUT2D eigenvalue weighted by Crippen LogP contribution is -1.78. The maximum Gasteiger partial charge on any atom is 0.159 e. The quantitative estimate of drug-likeness (QED) is 0.567. The molecule has 0 spiro atoms. The molecule has 0 radical (unpaired) electrons. The van der Waals surface area contributed by atoms with Crippen molar-refractivity contribution < 1.29 is 0 Å². The molecule has 50 valence electrons. The van der Waals surface area contributed by atoms with E-state index >= 15 is 0 Å². The summed E-state index contributed by atoms with van der Waals surface area (Å²) in [5.74, 6) is 1.81. The summed E-state index contributed by atoms with van der Waals surface area (Å²) in [6.45, 7) is 0. The zero-order valence-corrected chi connectivity index (χ0v) is 6.63. The van der Waals surface area contributed by atoms with Crippen LogP contribution in [0.5, 0.6) is 0 Å². The zero-order valence-electron chi connectivity index (χ0n) is 4.87. The number of aromatic nitrogens is 3. The molecule has 0 fully saturated rings. The van der Waals surface area contributed by atoms with Crippen LogP contribution in [0.15, 0.2) is 12.3 Å². The van der Waals surface area contributed by atoms with Gasteiger partial charge in [0.2, 0.25) is 0 Å². The molecule has 0 aliphatic heterocycles. The van der Waals surface area contributed by atoms with Crippen LogP contribution < -0.4 is 0 Å². The predicted molar refractivity (Wildman–Crippen MR) is 41.8 cm³/mol. The van der Waals surface area contributed by atoms with E-state index in [2.05, 4.69) is 15.0 Å². The lowest BCUT2D eigenvalue weighted by molar-refractivity contribution is 1.22. The average Bonchev–Trinajstić information content (AvgIpc) is 2.36. The molecule has 0 amide bonds. The Balaban J connectivity index is 2.95. The summed E-state index contributed by atoms with van der Waals surface area (Å²) in [7, 11) is 0.549. The third-order valence-corrected chi connectivity index (χ3v) is 2.35. The molecule has 5 heteroatoms. The van der Waals surface area contributed by atoms with Gasteiger partial charge in [-0.25, -0.2) is 15.0 Å². The molecule has 2 rings (SSSR count). The molecule has 0 saturated carbocycles. The summed E-state index contributed by atoms with van der Waals surface area (Å²) in [5, 5.41) is 1.39. The molecule has 0 aliphatic rings. The van der Waals surface area contributed by atoms with Gasteiger partial charge in [-0.1, -0.05) is 19.8 Å². The molecular weight excluding hydrogens is 169 g/mol. The van der Waals surface area contributed by atoms with Crippen LogP contribution in [0.25, 0.3) is 10.8 Å². The molecule has 0 aliphatic carbocycles. The van der Waals surface area contributed by atoms with Gasteiger partial charge in [-0.05, 0) is 0 Å². The van der Waals surface area contributed by atoms with Crippen LogP contribution in [0.1, 0.15) is 0 Å². The molecule has 2 aromatic heterocycles. The van der Waals surface area contributed by atoms with Gasteiger partial charge in [0.1, 0.15) is 17.1 Å². The average molecular weight is 172 g/mol. The Hall–Kier alpha value is -0.660. The van der Waals surface area contributed by atoms with Crippen molar-refractivity contribution >= 4 is 30.6 Å². The van der Waals surface area contributed by atoms with Crippen molar-refractivity contribution in [3.05, 3.63) is 17.4 Å². The fourth-order valence-corrected chi connectivity index (χ4v) is 1.76. The molecule has 1 unspecified atom stereocenters. The number of rotatable bonds is 0. The van der Waals surface area contributed by atoms with Crippen LogP contribution in [-0.2, 0) is 0 Å². The van der Waals surface area contributed by atoms with Gasteiger partial charge in [-0.15, -0.1) is 0 Å². The standard InChI is InChI=1S/C5H3ClN3P/c6-4-3-5(8-1-7-4)10-2-9-3/h1-2,10H. The SMILES string of the molecule is Clc1ncnc2[pH]cnc12. The number of hydrogen-bond acceptors (Lipinski definition) is 3. The highest BCUT2D eigenvalue weighted by molar-refractivity contribution is 7.35. The molecule has 1 atom stereocenters. The molecule has 2 heterocycles. The molecule has 0 aromatic carbocycles. The second-order valence-electron chi connectivity index (χ2n) is 1.76. The van der Waals surface area contributed by atoms with Crippen molar-refractivity contribution in [2.24, 2.45) is 0 Å². The fourth-order valence-electron chi connectivity index (χ4n) is 0.735.